The van der Waals surface area contributed by atoms with Crippen LogP contribution in [0.3, 0.4) is 0 Å². The number of nitrogens with one attached hydrogen (secondary N) is 1. The number of rotatable bonds is 4. The fraction of sp³-hybridized carbons (Fsp3) is 0.364. The molecule has 0 heterocycles. The van der Waals surface area contributed by atoms with E-state index in [2.05, 4.69) is 5.32 Å². The van der Waals surface area contributed by atoms with Gasteiger partial charge in [0, 0.05) is 18.2 Å². The van der Waals surface area contributed by atoms with Crippen molar-refractivity contribution in [3.8, 4) is 0 Å². The minimum atomic E-state index is -1.38. The molecule has 1 rings (SSSR count). The highest BCUT2D eigenvalue weighted by atomic mass is 35.5. The Kier molecular flexibility index (Phi) is 4.81. The Morgan fingerprint density at radius 1 is 1.29 bits per heavy atom. The molecule has 0 fully saturated rings. The van der Waals surface area contributed by atoms with Gasteiger partial charge in [0.15, 0.2) is 11.6 Å². The van der Waals surface area contributed by atoms with E-state index in [1.807, 2.05) is 6.92 Å². The van der Waals surface area contributed by atoms with Gasteiger partial charge in [-0.3, -0.25) is 4.79 Å². The number of halogens is 4. The van der Waals surface area contributed by atoms with Crippen molar-refractivity contribution in [2.45, 2.75) is 18.7 Å². The molecule has 94 valence electrons. The molecule has 0 spiro atoms. The maximum atomic E-state index is 13.3. The molecule has 1 atom stereocenters. The van der Waals surface area contributed by atoms with Crippen molar-refractivity contribution in [1.82, 2.24) is 5.32 Å². The van der Waals surface area contributed by atoms with Gasteiger partial charge in [0.25, 0.3) is 0 Å². The number of alkyl halides is 1. The van der Waals surface area contributed by atoms with Gasteiger partial charge in [-0.1, -0.05) is 6.92 Å². The summed E-state index contributed by atoms with van der Waals surface area (Å²) in [6.07, 6.45) is 0.690. The Labute approximate surface area is 102 Å². The van der Waals surface area contributed by atoms with Crippen LogP contribution in [0.5, 0.6) is 0 Å². The molecule has 0 aliphatic rings. The van der Waals surface area contributed by atoms with E-state index < -0.39 is 28.7 Å². The largest absolute Gasteiger partial charge is 0.355 e. The molecule has 0 saturated heterocycles. The molecule has 0 aromatic heterocycles. The first-order chi connectivity index (χ1) is 7.97. The van der Waals surface area contributed by atoms with Gasteiger partial charge in [-0.05, 0) is 12.5 Å². The molecule has 1 aromatic carbocycles. The summed E-state index contributed by atoms with van der Waals surface area (Å²) in [4.78, 5) is 11.4. The molecule has 0 radical (unpaired) electrons. The van der Waals surface area contributed by atoms with E-state index >= 15 is 0 Å². The lowest BCUT2D eigenvalue weighted by atomic mass is 10.1. The second-order valence-corrected chi connectivity index (χ2v) is 3.88. The molecule has 2 nitrogen and oxygen atoms in total. The number of benzene rings is 1. The molecule has 17 heavy (non-hydrogen) atoms. The molecule has 1 aromatic rings. The number of amides is 1. The molecule has 0 bridgehead atoms. The van der Waals surface area contributed by atoms with Crippen molar-refractivity contribution in [2.24, 2.45) is 0 Å². The standard InChI is InChI=1S/C11H11ClF3NO/c1-2-3-16-11(17)10(12)6-4-8(14)9(15)5-7(6)13/h4-5,10H,2-3H2,1H3,(H,16,17). The first kappa shape index (κ1) is 13.8. The van der Waals surface area contributed by atoms with Crippen molar-refractivity contribution in [3.05, 3.63) is 35.1 Å². The normalized spacial score (nSPS) is 12.3. The average Bonchev–Trinajstić information content (AvgIpc) is 2.29. The van der Waals surface area contributed by atoms with E-state index in [-0.39, 0.29) is 5.56 Å². The lowest BCUT2D eigenvalue weighted by molar-refractivity contribution is -0.120. The van der Waals surface area contributed by atoms with Gasteiger partial charge in [0.2, 0.25) is 5.91 Å². The van der Waals surface area contributed by atoms with E-state index in [1.165, 1.54) is 0 Å². The maximum Gasteiger partial charge on any atom is 0.242 e. The number of carbonyl (C=O) groups excluding carboxylic acids is 1. The van der Waals surface area contributed by atoms with Crippen LogP contribution in [0.15, 0.2) is 12.1 Å². The molecule has 1 amide bonds. The second kappa shape index (κ2) is 5.91. The van der Waals surface area contributed by atoms with Gasteiger partial charge >= 0.3 is 0 Å². The maximum absolute atomic E-state index is 13.3. The van der Waals surface area contributed by atoms with E-state index in [0.717, 1.165) is 0 Å². The molecule has 0 saturated carbocycles. The van der Waals surface area contributed by atoms with Gasteiger partial charge < -0.3 is 5.32 Å². The van der Waals surface area contributed by atoms with Gasteiger partial charge in [-0.25, -0.2) is 13.2 Å². The zero-order chi connectivity index (χ0) is 13.0. The lowest BCUT2D eigenvalue weighted by Gasteiger charge is -2.11. The summed E-state index contributed by atoms with van der Waals surface area (Å²) in [6, 6.07) is 0.959. The third-order valence-electron chi connectivity index (χ3n) is 2.09. The smallest absolute Gasteiger partial charge is 0.242 e. The second-order valence-electron chi connectivity index (χ2n) is 3.44. The number of hydrogen-bond donors (Lipinski definition) is 1. The van der Waals surface area contributed by atoms with E-state index in [9.17, 15) is 18.0 Å². The molecular weight excluding hydrogens is 255 g/mol. The summed E-state index contributed by atoms with van der Waals surface area (Å²) < 4.78 is 38.9. The van der Waals surface area contributed by atoms with Crippen LogP contribution < -0.4 is 5.32 Å². The SMILES string of the molecule is CCCNC(=O)C(Cl)c1cc(F)c(F)cc1F. The Hall–Kier alpha value is -1.23. The zero-order valence-electron chi connectivity index (χ0n) is 9.07. The van der Waals surface area contributed by atoms with Crippen LogP contribution in [0, 0.1) is 17.5 Å². The van der Waals surface area contributed by atoms with Crippen LogP contribution in [-0.2, 0) is 4.79 Å². The molecule has 6 heteroatoms. The van der Waals surface area contributed by atoms with E-state index in [1.54, 1.807) is 0 Å². The van der Waals surface area contributed by atoms with Crippen molar-refractivity contribution in [1.29, 1.82) is 0 Å². The van der Waals surface area contributed by atoms with Crippen LogP contribution >= 0.6 is 11.6 Å². The highest BCUT2D eigenvalue weighted by Crippen LogP contribution is 2.25. The molecule has 0 aliphatic heterocycles. The van der Waals surface area contributed by atoms with E-state index in [4.69, 9.17) is 11.6 Å². The number of hydrogen-bond acceptors (Lipinski definition) is 1. The summed E-state index contributed by atoms with van der Waals surface area (Å²) in [7, 11) is 0. The van der Waals surface area contributed by atoms with Crippen LogP contribution in [-0.4, -0.2) is 12.5 Å². The van der Waals surface area contributed by atoms with Gasteiger partial charge in [-0.2, -0.15) is 0 Å². The zero-order valence-corrected chi connectivity index (χ0v) is 9.82. The highest BCUT2D eigenvalue weighted by molar-refractivity contribution is 6.30. The molecular formula is C11H11ClF3NO. The minimum Gasteiger partial charge on any atom is -0.355 e. The Balaban J connectivity index is 2.92. The Bertz CT molecular complexity index is 425. The van der Waals surface area contributed by atoms with Crippen LogP contribution in [0.1, 0.15) is 24.3 Å². The molecule has 0 aliphatic carbocycles. The monoisotopic (exact) mass is 265 g/mol. The third-order valence-corrected chi connectivity index (χ3v) is 2.53. The Morgan fingerprint density at radius 2 is 1.88 bits per heavy atom. The quantitative estimate of drug-likeness (QED) is 0.658. The van der Waals surface area contributed by atoms with Crippen LogP contribution in [0.4, 0.5) is 13.2 Å². The first-order valence-corrected chi connectivity index (χ1v) is 5.47. The van der Waals surface area contributed by atoms with Crippen molar-refractivity contribution < 1.29 is 18.0 Å². The van der Waals surface area contributed by atoms with Gasteiger partial charge in [0.1, 0.15) is 11.2 Å². The average molecular weight is 266 g/mol. The third kappa shape index (κ3) is 3.36. The molecule has 1 unspecified atom stereocenters. The fourth-order valence-corrected chi connectivity index (χ4v) is 1.46. The van der Waals surface area contributed by atoms with Crippen molar-refractivity contribution in [3.63, 3.8) is 0 Å². The molecule has 1 N–H and O–H groups in total. The summed E-state index contributed by atoms with van der Waals surface area (Å²) in [5.41, 5.74) is -0.376. The van der Waals surface area contributed by atoms with Gasteiger partial charge in [0.05, 0.1) is 0 Å². The fourth-order valence-electron chi connectivity index (χ4n) is 1.21. The predicted molar refractivity (Wildman–Crippen MR) is 58.2 cm³/mol. The topological polar surface area (TPSA) is 29.1 Å². The summed E-state index contributed by atoms with van der Waals surface area (Å²) in [5.74, 6) is -4.24. The van der Waals surface area contributed by atoms with Crippen molar-refractivity contribution in [2.75, 3.05) is 6.54 Å². The van der Waals surface area contributed by atoms with Crippen LogP contribution in [0.25, 0.3) is 0 Å². The summed E-state index contributed by atoms with van der Waals surface area (Å²) in [5, 5.41) is 1.06. The minimum absolute atomic E-state index is 0.368. The van der Waals surface area contributed by atoms with E-state index in [0.29, 0.717) is 25.1 Å². The van der Waals surface area contributed by atoms with Crippen molar-refractivity contribution >= 4 is 17.5 Å². The predicted octanol–water partition coefficient (Wildman–Crippen LogP) is 2.91. The highest BCUT2D eigenvalue weighted by Gasteiger charge is 2.22. The van der Waals surface area contributed by atoms with Gasteiger partial charge in [-0.15, -0.1) is 11.6 Å². The summed E-state index contributed by atoms with van der Waals surface area (Å²) in [6.45, 7) is 2.22. The Morgan fingerprint density at radius 3 is 2.47 bits per heavy atom. The van der Waals surface area contributed by atoms with Crippen LogP contribution in [0.2, 0.25) is 0 Å². The summed E-state index contributed by atoms with van der Waals surface area (Å²) >= 11 is 5.68. The first-order valence-electron chi connectivity index (χ1n) is 5.03. The lowest BCUT2D eigenvalue weighted by Crippen LogP contribution is -2.28. The number of carbonyl (C=O) groups is 1.